The summed E-state index contributed by atoms with van der Waals surface area (Å²) in [5, 5.41) is 8.53. The first kappa shape index (κ1) is 14.3. The van der Waals surface area contributed by atoms with Gasteiger partial charge < -0.3 is 14.5 Å². The molecule has 106 valence electrons. The quantitative estimate of drug-likeness (QED) is 0.708. The number of morpholine rings is 1. The number of nitrogens with zero attached hydrogens (tertiary/aromatic N) is 3. The molecule has 2 aliphatic heterocycles. The second-order valence-corrected chi connectivity index (χ2v) is 5.32. The lowest BCUT2D eigenvalue weighted by molar-refractivity contribution is -0.141. The van der Waals surface area contributed by atoms with Gasteiger partial charge in [-0.05, 0) is 38.9 Å². The summed E-state index contributed by atoms with van der Waals surface area (Å²) in [6.45, 7) is 5.84. The minimum absolute atomic E-state index is 0.199. The van der Waals surface area contributed by atoms with Crippen LogP contribution in [0.15, 0.2) is 0 Å². The van der Waals surface area contributed by atoms with Crippen LogP contribution in [0.4, 0.5) is 0 Å². The summed E-state index contributed by atoms with van der Waals surface area (Å²) in [7, 11) is 0. The van der Waals surface area contributed by atoms with E-state index in [1.54, 1.807) is 0 Å². The maximum absolute atomic E-state index is 12.3. The van der Waals surface area contributed by atoms with Crippen LogP contribution in [0.3, 0.4) is 0 Å². The van der Waals surface area contributed by atoms with E-state index in [1.807, 2.05) is 4.90 Å². The molecular formula is C14H23N3O2. The molecule has 2 aliphatic rings. The summed E-state index contributed by atoms with van der Waals surface area (Å²) in [5.74, 6) is 0.519. The van der Waals surface area contributed by atoms with Gasteiger partial charge in [-0.15, -0.1) is 0 Å². The number of amides is 1. The summed E-state index contributed by atoms with van der Waals surface area (Å²) in [4.78, 5) is 16.7. The van der Waals surface area contributed by atoms with Crippen LogP contribution in [-0.4, -0.2) is 61.6 Å². The molecule has 5 nitrogen and oxygen atoms in total. The van der Waals surface area contributed by atoms with Gasteiger partial charge in [0.1, 0.15) is 0 Å². The van der Waals surface area contributed by atoms with Crippen LogP contribution in [-0.2, 0) is 9.53 Å². The molecule has 2 heterocycles. The van der Waals surface area contributed by atoms with Crippen molar-refractivity contribution in [1.82, 2.24) is 9.80 Å². The number of rotatable bonds is 4. The van der Waals surface area contributed by atoms with Crippen LogP contribution in [0.25, 0.3) is 0 Å². The molecule has 19 heavy (non-hydrogen) atoms. The normalized spacial score (nSPS) is 22.2. The van der Waals surface area contributed by atoms with Gasteiger partial charge in [0.2, 0.25) is 5.91 Å². The van der Waals surface area contributed by atoms with Crippen molar-refractivity contribution in [2.24, 2.45) is 5.92 Å². The Morgan fingerprint density at radius 1 is 1.21 bits per heavy atom. The van der Waals surface area contributed by atoms with Crippen LogP contribution in [0.5, 0.6) is 0 Å². The summed E-state index contributed by atoms with van der Waals surface area (Å²) >= 11 is 0. The van der Waals surface area contributed by atoms with Crippen molar-refractivity contribution in [3.8, 4) is 6.07 Å². The van der Waals surface area contributed by atoms with E-state index >= 15 is 0 Å². The molecule has 0 unspecified atom stereocenters. The van der Waals surface area contributed by atoms with Crippen molar-refractivity contribution in [3.63, 3.8) is 0 Å². The zero-order valence-electron chi connectivity index (χ0n) is 11.5. The average Bonchev–Trinajstić information content (AvgIpc) is 2.48. The summed E-state index contributed by atoms with van der Waals surface area (Å²) in [6, 6.07) is 2.18. The topological polar surface area (TPSA) is 56.6 Å². The van der Waals surface area contributed by atoms with E-state index in [-0.39, 0.29) is 5.92 Å². The molecule has 0 aromatic heterocycles. The molecule has 0 aromatic carbocycles. The van der Waals surface area contributed by atoms with Crippen molar-refractivity contribution >= 4 is 5.91 Å². The van der Waals surface area contributed by atoms with Crippen LogP contribution in [0, 0.1) is 17.2 Å². The highest BCUT2D eigenvalue weighted by Crippen LogP contribution is 2.20. The number of carbonyl (C=O) groups excluding carboxylic acids is 1. The first-order chi connectivity index (χ1) is 9.31. The minimum atomic E-state index is 0.199. The highest BCUT2D eigenvalue weighted by atomic mass is 16.5. The van der Waals surface area contributed by atoms with Crippen molar-refractivity contribution in [3.05, 3.63) is 0 Å². The Labute approximate surface area is 115 Å². The standard InChI is InChI=1S/C14H23N3O2/c15-5-1-2-6-16-7-3-13(4-8-16)14(18)17-9-11-19-12-10-17/h13H,1-4,6-12H2. The number of hydrogen-bond donors (Lipinski definition) is 0. The number of unbranched alkanes of at least 4 members (excludes halogenated alkanes) is 1. The number of hydrogen-bond acceptors (Lipinski definition) is 4. The summed E-state index contributed by atoms with van der Waals surface area (Å²) < 4.78 is 5.28. The molecule has 0 bridgehead atoms. The van der Waals surface area contributed by atoms with E-state index in [1.165, 1.54) is 0 Å². The zero-order valence-corrected chi connectivity index (χ0v) is 11.5. The van der Waals surface area contributed by atoms with Gasteiger partial charge in [-0.2, -0.15) is 5.26 Å². The lowest BCUT2D eigenvalue weighted by Gasteiger charge is -2.35. The number of ether oxygens (including phenoxy) is 1. The third-order valence-corrected chi connectivity index (χ3v) is 4.02. The Morgan fingerprint density at radius 3 is 2.53 bits per heavy atom. The summed E-state index contributed by atoms with van der Waals surface area (Å²) in [5.41, 5.74) is 0. The number of piperidine rings is 1. The van der Waals surface area contributed by atoms with E-state index in [0.717, 1.165) is 52.0 Å². The van der Waals surface area contributed by atoms with Crippen LogP contribution in [0.2, 0.25) is 0 Å². The average molecular weight is 265 g/mol. The molecule has 0 spiro atoms. The predicted molar refractivity (Wildman–Crippen MR) is 71.4 cm³/mol. The molecule has 5 heteroatoms. The second-order valence-electron chi connectivity index (χ2n) is 5.32. The Bertz CT molecular complexity index is 326. The van der Waals surface area contributed by atoms with E-state index in [0.29, 0.717) is 25.5 Å². The molecular weight excluding hydrogens is 242 g/mol. The lowest BCUT2D eigenvalue weighted by atomic mass is 9.95. The van der Waals surface area contributed by atoms with Crippen LogP contribution in [0.1, 0.15) is 25.7 Å². The first-order valence-corrected chi connectivity index (χ1v) is 7.27. The maximum atomic E-state index is 12.3. The van der Waals surface area contributed by atoms with Crippen molar-refractivity contribution in [2.75, 3.05) is 45.9 Å². The van der Waals surface area contributed by atoms with Crippen molar-refractivity contribution < 1.29 is 9.53 Å². The SMILES string of the molecule is N#CCCCN1CCC(C(=O)N2CCOCC2)CC1. The van der Waals surface area contributed by atoms with Gasteiger partial charge in [0.25, 0.3) is 0 Å². The maximum Gasteiger partial charge on any atom is 0.225 e. The molecule has 2 fully saturated rings. The van der Waals surface area contributed by atoms with Gasteiger partial charge in [0.05, 0.1) is 19.3 Å². The van der Waals surface area contributed by atoms with Gasteiger partial charge in [-0.25, -0.2) is 0 Å². The number of likely N-dealkylation sites (tertiary alicyclic amines) is 1. The Morgan fingerprint density at radius 2 is 1.89 bits per heavy atom. The largest absolute Gasteiger partial charge is 0.378 e. The molecule has 0 aromatic rings. The van der Waals surface area contributed by atoms with Gasteiger partial charge in [0.15, 0.2) is 0 Å². The highest BCUT2D eigenvalue weighted by Gasteiger charge is 2.28. The fourth-order valence-corrected chi connectivity index (χ4v) is 2.83. The Balaban J connectivity index is 1.70. The lowest BCUT2D eigenvalue weighted by Crippen LogP contribution is -2.46. The summed E-state index contributed by atoms with van der Waals surface area (Å²) in [6.07, 6.45) is 3.50. The third kappa shape index (κ3) is 4.19. The molecule has 0 radical (unpaired) electrons. The van der Waals surface area contributed by atoms with Gasteiger partial charge in [-0.3, -0.25) is 4.79 Å². The molecule has 0 aliphatic carbocycles. The smallest absolute Gasteiger partial charge is 0.225 e. The van der Waals surface area contributed by atoms with E-state index in [2.05, 4.69) is 11.0 Å². The van der Waals surface area contributed by atoms with Gasteiger partial charge in [0, 0.05) is 25.4 Å². The number of nitriles is 1. The monoisotopic (exact) mass is 265 g/mol. The highest BCUT2D eigenvalue weighted by molar-refractivity contribution is 5.79. The second kappa shape index (κ2) is 7.46. The fourth-order valence-electron chi connectivity index (χ4n) is 2.83. The van der Waals surface area contributed by atoms with Crippen molar-refractivity contribution in [1.29, 1.82) is 5.26 Å². The Kier molecular flexibility index (Phi) is 5.62. The molecule has 0 saturated carbocycles. The van der Waals surface area contributed by atoms with E-state index < -0.39 is 0 Å². The molecule has 0 atom stereocenters. The minimum Gasteiger partial charge on any atom is -0.378 e. The fraction of sp³-hybridized carbons (Fsp3) is 0.857. The molecule has 0 N–H and O–H groups in total. The van der Waals surface area contributed by atoms with E-state index in [4.69, 9.17) is 10.00 Å². The zero-order chi connectivity index (χ0) is 13.5. The molecule has 2 saturated heterocycles. The van der Waals surface area contributed by atoms with Crippen molar-refractivity contribution in [2.45, 2.75) is 25.7 Å². The number of carbonyl (C=O) groups is 1. The molecule has 2 rings (SSSR count). The van der Waals surface area contributed by atoms with Crippen LogP contribution >= 0.6 is 0 Å². The molecule has 1 amide bonds. The van der Waals surface area contributed by atoms with Gasteiger partial charge >= 0.3 is 0 Å². The first-order valence-electron chi connectivity index (χ1n) is 7.27. The third-order valence-electron chi connectivity index (χ3n) is 4.02. The Hall–Kier alpha value is -1.12. The van der Waals surface area contributed by atoms with E-state index in [9.17, 15) is 4.79 Å². The predicted octanol–water partition coefficient (Wildman–Crippen LogP) is 0.861. The van der Waals surface area contributed by atoms with Crippen LogP contribution < -0.4 is 0 Å². The van der Waals surface area contributed by atoms with Gasteiger partial charge in [-0.1, -0.05) is 0 Å².